The molecule has 1 aromatic rings. The number of esters is 1. The molecule has 2 N–H and O–H groups in total. The summed E-state index contributed by atoms with van der Waals surface area (Å²) in [4.78, 5) is 35.8. The average Bonchev–Trinajstić information content (AvgIpc) is 2.98. The summed E-state index contributed by atoms with van der Waals surface area (Å²) in [7, 11) is -2.70. The number of hydrogen-bond donors (Lipinski definition) is 2. The van der Waals surface area contributed by atoms with Crippen molar-refractivity contribution >= 4 is 33.5 Å². The lowest BCUT2D eigenvalue weighted by molar-refractivity contribution is -0.139. The summed E-state index contributed by atoms with van der Waals surface area (Å²) in [6.45, 7) is 0.0655. The number of ether oxygens (including phenoxy) is 1. The van der Waals surface area contributed by atoms with E-state index in [0.717, 1.165) is 13.5 Å². The van der Waals surface area contributed by atoms with Crippen molar-refractivity contribution in [3.05, 3.63) is 24.3 Å². The van der Waals surface area contributed by atoms with Gasteiger partial charge in [-0.05, 0) is 30.7 Å². The van der Waals surface area contributed by atoms with Gasteiger partial charge in [0.1, 0.15) is 6.54 Å². The highest BCUT2D eigenvalue weighted by Gasteiger charge is 2.22. The van der Waals surface area contributed by atoms with Gasteiger partial charge in [-0.2, -0.15) is 4.72 Å². The molecule has 1 aliphatic rings. The summed E-state index contributed by atoms with van der Waals surface area (Å²) in [5, 5.41) is 2.61. The molecule has 2 amide bonds. The number of sulfonamides is 1. The van der Waals surface area contributed by atoms with Crippen molar-refractivity contribution in [2.75, 3.05) is 32.1 Å². The third-order valence-corrected chi connectivity index (χ3v) is 5.01. The highest BCUT2D eigenvalue weighted by Crippen LogP contribution is 2.15. The Bertz CT molecular complexity index is 760. The smallest absolute Gasteiger partial charge is 0.320 e. The first-order valence-electron chi connectivity index (χ1n) is 7.56. The van der Waals surface area contributed by atoms with Crippen LogP contribution in [-0.4, -0.2) is 57.8 Å². The third kappa shape index (κ3) is 5.26. The van der Waals surface area contributed by atoms with Crippen LogP contribution in [0.25, 0.3) is 0 Å². The van der Waals surface area contributed by atoms with E-state index in [1.54, 1.807) is 0 Å². The van der Waals surface area contributed by atoms with Gasteiger partial charge in [-0.1, -0.05) is 0 Å². The van der Waals surface area contributed by atoms with Crippen molar-refractivity contribution in [2.45, 2.75) is 17.7 Å². The number of likely N-dealkylation sites (tertiary alicyclic amines) is 1. The molecular weight excluding hydrogens is 350 g/mol. The van der Waals surface area contributed by atoms with Crippen LogP contribution in [0.3, 0.4) is 0 Å². The molecular formula is C15H19N3O6S. The topological polar surface area (TPSA) is 122 Å². The predicted octanol–water partition coefficient (Wildman–Crippen LogP) is -0.301. The van der Waals surface area contributed by atoms with Gasteiger partial charge in [0.15, 0.2) is 0 Å². The van der Waals surface area contributed by atoms with Crippen molar-refractivity contribution in [3.8, 4) is 0 Å². The molecule has 0 aliphatic carbocycles. The molecule has 1 fully saturated rings. The largest absolute Gasteiger partial charge is 0.468 e. The van der Waals surface area contributed by atoms with Crippen molar-refractivity contribution in [1.29, 1.82) is 0 Å². The normalized spacial score (nSPS) is 14.4. The second kappa shape index (κ2) is 8.08. The lowest BCUT2D eigenvalue weighted by Crippen LogP contribution is -2.34. The first-order chi connectivity index (χ1) is 11.8. The van der Waals surface area contributed by atoms with Crippen LogP contribution in [0.1, 0.15) is 12.8 Å². The van der Waals surface area contributed by atoms with Crippen molar-refractivity contribution in [3.63, 3.8) is 0 Å². The van der Waals surface area contributed by atoms with Crippen molar-refractivity contribution < 1.29 is 27.5 Å². The highest BCUT2D eigenvalue weighted by atomic mass is 32.2. The second-order valence-electron chi connectivity index (χ2n) is 5.39. The fourth-order valence-electron chi connectivity index (χ4n) is 2.27. The minimum absolute atomic E-state index is 0.0282. The number of carbonyl (C=O) groups excluding carboxylic acids is 3. The van der Waals surface area contributed by atoms with E-state index in [1.165, 1.54) is 29.2 Å². The average molecular weight is 369 g/mol. The molecule has 0 bridgehead atoms. The van der Waals surface area contributed by atoms with E-state index in [9.17, 15) is 22.8 Å². The minimum atomic E-state index is -3.85. The molecule has 9 nitrogen and oxygen atoms in total. The highest BCUT2D eigenvalue weighted by molar-refractivity contribution is 7.89. The first kappa shape index (κ1) is 18.9. The minimum Gasteiger partial charge on any atom is -0.468 e. The van der Waals surface area contributed by atoms with Crippen LogP contribution in [0.4, 0.5) is 5.69 Å². The zero-order valence-electron chi connectivity index (χ0n) is 13.6. The van der Waals surface area contributed by atoms with Gasteiger partial charge in [-0.25, -0.2) is 8.42 Å². The number of nitrogens with zero attached hydrogens (tertiary/aromatic N) is 1. The Balaban J connectivity index is 1.93. The lowest BCUT2D eigenvalue weighted by atomic mass is 10.3. The van der Waals surface area contributed by atoms with Gasteiger partial charge >= 0.3 is 5.97 Å². The summed E-state index contributed by atoms with van der Waals surface area (Å²) in [6.07, 6.45) is 1.20. The number of hydrogen-bond acceptors (Lipinski definition) is 6. The van der Waals surface area contributed by atoms with Crippen LogP contribution in [-0.2, 0) is 29.1 Å². The molecule has 1 aromatic carbocycles. The van der Waals surface area contributed by atoms with E-state index in [1.807, 2.05) is 0 Å². The molecule has 0 radical (unpaired) electrons. The third-order valence-electron chi connectivity index (χ3n) is 3.59. The Labute approximate surface area is 145 Å². The lowest BCUT2D eigenvalue weighted by Gasteiger charge is -2.15. The number of benzene rings is 1. The van der Waals surface area contributed by atoms with E-state index < -0.39 is 22.5 Å². The maximum atomic E-state index is 12.0. The van der Waals surface area contributed by atoms with Crippen LogP contribution in [0.2, 0.25) is 0 Å². The van der Waals surface area contributed by atoms with Gasteiger partial charge in [-0.3, -0.25) is 14.4 Å². The molecule has 0 unspecified atom stereocenters. The monoisotopic (exact) mass is 369 g/mol. The number of nitrogens with one attached hydrogen (secondary N) is 2. The van der Waals surface area contributed by atoms with Gasteiger partial charge in [0.2, 0.25) is 21.8 Å². The quantitative estimate of drug-likeness (QED) is 0.636. The van der Waals surface area contributed by atoms with E-state index >= 15 is 0 Å². The SMILES string of the molecule is COC(=O)CNS(=O)(=O)c1ccc(NC(=O)CN2CCCC2=O)cc1. The van der Waals surface area contributed by atoms with Crippen molar-refractivity contribution in [2.24, 2.45) is 0 Å². The summed E-state index contributed by atoms with van der Waals surface area (Å²) in [5.74, 6) is -1.10. The fraction of sp³-hybridized carbons (Fsp3) is 0.400. The molecule has 0 aromatic heterocycles. The first-order valence-corrected chi connectivity index (χ1v) is 9.04. The summed E-state index contributed by atoms with van der Waals surface area (Å²) in [5.41, 5.74) is 0.406. The second-order valence-corrected chi connectivity index (χ2v) is 7.16. The molecule has 25 heavy (non-hydrogen) atoms. The Hall–Kier alpha value is -2.46. The Kier molecular flexibility index (Phi) is 6.10. The van der Waals surface area contributed by atoms with E-state index in [-0.39, 0.29) is 23.3 Å². The van der Waals surface area contributed by atoms with Crippen LogP contribution in [0.5, 0.6) is 0 Å². The Morgan fingerprint density at radius 2 is 1.92 bits per heavy atom. The molecule has 0 saturated carbocycles. The predicted molar refractivity (Wildman–Crippen MR) is 88.1 cm³/mol. The van der Waals surface area contributed by atoms with E-state index in [4.69, 9.17) is 0 Å². The molecule has 1 saturated heterocycles. The van der Waals surface area contributed by atoms with Crippen LogP contribution < -0.4 is 10.0 Å². The van der Waals surface area contributed by atoms with Crippen LogP contribution >= 0.6 is 0 Å². The standard InChI is InChI=1S/C15H19N3O6S/c1-24-15(21)9-16-25(22,23)12-6-4-11(5-7-12)17-13(19)10-18-8-2-3-14(18)20/h4-7,16H,2-3,8-10H2,1H3,(H,17,19). The zero-order chi connectivity index (χ0) is 18.4. The van der Waals surface area contributed by atoms with Crippen molar-refractivity contribution in [1.82, 2.24) is 9.62 Å². The molecule has 0 spiro atoms. The van der Waals surface area contributed by atoms with Gasteiger partial charge in [-0.15, -0.1) is 0 Å². The molecule has 2 rings (SSSR count). The number of anilines is 1. The molecule has 136 valence electrons. The summed E-state index contributed by atoms with van der Waals surface area (Å²) in [6, 6.07) is 5.46. The molecule has 1 heterocycles. The maximum absolute atomic E-state index is 12.0. The maximum Gasteiger partial charge on any atom is 0.320 e. The molecule has 1 aliphatic heterocycles. The van der Waals surface area contributed by atoms with Crippen LogP contribution in [0.15, 0.2) is 29.2 Å². The van der Waals surface area contributed by atoms with Gasteiger partial charge in [0.25, 0.3) is 0 Å². The Morgan fingerprint density at radius 1 is 1.24 bits per heavy atom. The van der Waals surface area contributed by atoms with Gasteiger partial charge in [0.05, 0.1) is 18.6 Å². The number of carbonyl (C=O) groups is 3. The van der Waals surface area contributed by atoms with E-state index in [0.29, 0.717) is 18.7 Å². The van der Waals surface area contributed by atoms with Gasteiger partial charge in [0, 0.05) is 18.7 Å². The Morgan fingerprint density at radius 3 is 2.48 bits per heavy atom. The molecule has 10 heteroatoms. The number of methoxy groups -OCH3 is 1. The van der Waals surface area contributed by atoms with E-state index in [2.05, 4.69) is 14.8 Å². The van der Waals surface area contributed by atoms with Crippen LogP contribution in [0, 0.1) is 0 Å². The summed E-state index contributed by atoms with van der Waals surface area (Å²) >= 11 is 0. The summed E-state index contributed by atoms with van der Waals surface area (Å²) < 4.78 is 30.5. The molecule has 0 atom stereocenters. The van der Waals surface area contributed by atoms with Gasteiger partial charge < -0.3 is 15.0 Å². The zero-order valence-corrected chi connectivity index (χ0v) is 14.5. The number of rotatable bonds is 7. The fourth-order valence-corrected chi connectivity index (χ4v) is 3.24. The number of amides is 2.